The van der Waals surface area contributed by atoms with Crippen LogP contribution in [0.2, 0.25) is 0 Å². The van der Waals surface area contributed by atoms with Crippen molar-refractivity contribution in [3.8, 4) is 0 Å². The maximum absolute atomic E-state index is 10.4. The average Bonchev–Trinajstić information content (AvgIpc) is 1.94. The highest BCUT2D eigenvalue weighted by Crippen LogP contribution is 1.82. The Labute approximate surface area is 47.7 Å². The lowest BCUT2D eigenvalue weighted by Gasteiger charge is -1.96. The molecule has 0 aromatic heterocycles. The molecule has 8 heavy (non-hydrogen) atoms. The summed E-state index contributed by atoms with van der Waals surface area (Å²) in [4.78, 5) is 10.4. The van der Waals surface area contributed by atoms with Crippen molar-refractivity contribution in [3.05, 3.63) is 12.2 Å². The van der Waals surface area contributed by atoms with Gasteiger partial charge >= 0.3 is 0 Å². The van der Waals surface area contributed by atoms with Gasteiger partial charge in [0.15, 0.2) is 0 Å². The molecule has 3 nitrogen and oxygen atoms in total. The zero-order chi connectivity index (χ0) is 5.82. The van der Waals surface area contributed by atoms with Crippen LogP contribution in [-0.4, -0.2) is 12.5 Å². The Bertz CT molecular complexity index is 120. The van der Waals surface area contributed by atoms with E-state index in [0.29, 0.717) is 0 Å². The maximum Gasteiger partial charge on any atom is 0.257 e. The Morgan fingerprint density at radius 1 is 1.62 bits per heavy atom. The summed E-state index contributed by atoms with van der Waals surface area (Å²) in [6, 6.07) is 0. The maximum atomic E-state index is 10.4. The first-order valence-electron chi connectivity index (χ1n) is 2.59. The molecule has 1 amide bonds. The third-order valence-electron chi connectivity index (χ3n) is 0.917. The van der Waals surface area contributed by atoms with Crippen LogP contribution < -0.4 is 10.9 Å². The lowest BCUT2D eigenvalue weighted by atomic mass is 10.4. The molecule has 1 aliphatic rings. The molecule has 0 atom stereocenters. The summed E-state index contributed by atoms with van der Waals surface area (Å²) in [6.07, 6.45) is 4.29. The number of rotatable bonds is 0. The van der Waals surface area contributed by atoms with Gasteiger partial charge in [-0.2, -0.15) is 0 Å². The Balaban J connectivity index is 2.44. The number of nitrogens with one attached hydrogen (secondary N) is 2. The number of hydrazine groups is 1. The number of hydrogen-bond donors (Lipinski definition) is 2. The van der Waals surface area contributed by atoms with Gasteiger partial charge in [0.2, 0.25) is 0 Å². The lowest BCUT2D eigenvalue weighted by molar-refractivity contribution is -0.117. The van der Waals surface area contributed by atoms with E-state index in [2.05, 4.69) is 10.9 Å². The third-order valence-corrected chi connectivity index (χ3v) is 0.917. The minimum Gasteiger partial charge on any atom is -0.288 e. The standard InChI is InChI=1S/C5H8N2O/c8-5-3-1-2-4-6-7-5/h1,3,6H,2,4H2,(H,7,8). The molecule has 2 N–H and O–H groups in total. The van der Waals surface area contributed by atoms with Crippen molar-refractivity contribution >= 4 is 5.91 Å². The van der Waals surface area contributed by atoms with E-state index >= 15 is 0 Å². The van der Waals surface area contributed by atoms with Gasteiger partial charge in [-0.05, 0) is 6.42 Å². The largest absolute Gasteiger partial charge is 0.288 e. The number of carbonyl (C=O) groups excluding carboxylic acids is 1. The molecule has 1 rings (SSSR count). The molecular weight excluding hydrogens is 104 g/mol. The second kappa shape index (κ2) is 2.47. The van der Waals surface area contributed by atoms with Gasteiger partial charge in [0.1, 0.15) is 0 Å². The highest BCUT2D eigenvalue weighted by molar-refractivity contribution is 5.87. The monoisotopic (exact) mass is 112 g/mol. The molecule has 3 heteroatoms. The van der Waals surface area contributed by atoms with E-state index in [0.717, 1.165) is 13.0 Å². The minimum absolute atomic E-state index is 0.0671. The van der Waals surface area contributed by atoms with E-state index < -0.39 is 0 Å². The Hall–Kier alpha value is -0.830. The number of amides is 1. The molecule has 0 aliphatic carbocycles. The van der Waals surface area contributed by atoms with Crippen molar-refractivity contribution in [2.24, 2.45) is 0 Å². The summed E-state index contributed by atoms with van der Waals surface area (Å²) in [5.41, 5.74) is 5.20. The topological polar surface area (TPSA) is 41.1 Å². The fourth-order valence-corrected chi connectivity index (χ4v) is 0.537. The summed E-state index contributed by atoms with van der Waals surface area (Å²) in [6.45, 7) is 0.822. The van der Waals surface area contributed by atoms with Crippen molar-refractivity contribution in [1.82, 2.24) is 10.9 Å². The summed E-state index contributed by atoms with van der Waals surface area (Å²) in [5, 5.41) is 0. The van der Waals surface area contributed by atoms with Gasteiger partial charge in [-0.3, -0.25) is 10.2 Å². The van der Waals surface area contributed by atoms with E-state index in [9.17, 15) is 4.79 Å². The Morgan fingerprint density at radius 3 is 3.38 bits per heavy atom. The molecule has 0 saturated carbocycles. The summed E-state index contributed by atoms with van der Waals surface area (Å²) in [7, 11) is 0. The quantitative estimate of drug-likeness (QED) is 0.446. The van der Waals surface area contributed by atoms with Crippen molar-refractivity contribution in [2.75, 3.05) is 6.54 Å². The predicted molar refractivity (Wildman–Crippen MR) is 29.9 cm³/mol. The Kier molecular flexibility index (Phi) is 1.64. The van der Waals surface area contributed by atoms with E-state index in [-0.39, 0.29) is 5.91 Å². The third kappa shape index (κ3) is 1.35. The average molecular weight is 112 g/mol. The van der Waals surface area contributed by atoms with Gasteiger partial charge < -0.3 is 0 Å². The smallest absolute Gasteiger partial charge is 0.257 e. The zero-order valence-electron chi connectivity index (χ0n) is 4.48. The second-order valence-electron chi connectivity index (χ2n) is 1.61. The first-order valence-corrected chi connectivity index (χ1v) is 2.59. The molecular formula is C5H8N2O. The van der Waals surface area contributed by atoms with Crippen LogP contribution in [0.5, 0.6) is 0 Å². The summed E-state index contributed by atoms with van der Waals surface area (Å²) >= 11 is 0. The van der Waals surface area contributed by atoms with Gasteiger partial charge in [0, 0.05) is 12.6 Å². The molecule has 0 spiro atoms. The highest BCUT2D eigenvalue weighted by Gasteiger charge is 1.94. The van der Waals surface area contributed by atoms with Crippen molar-refractivity contribution in [1.29, 1.82) is 0 Å². The van der Waals surface area contributed by atoms with Crippen LogP contribution in [-0.2, 0) is 4.79 Å². The van der Waals surface area contributed by atoms with Gasteiger partial charge in [-0.25, -0.2) is 5.43 Å². The van der Waals surface area contributed by atoms with E-state index in [4.69, 9.17) is 0 Å². The SMILES string of the molecule is O=C1C=CCCNN1. The molecule has 1 aliphatic heterocycles. The van der Waals surface area contributed by atoms with Crippen LogP contribution in [0.1, 0.15) is 6.42 Å². The molecule has 0 saturated heterocycles. The van der Waals surface area contributed by atoms with Crippen molar-refractivity contribution in [2.45, 2.75) is 6.42 Å². The van der Waals surface area contributed by atoms with Gasteiger partial charge in [-0.15, -0.1) is 0 Å². The van der Waals surface area contributed by atoms with Crippen LogP contribution >= 0.6 is 0 Å². The van der Waals surface area contributed by atoms with Crippen molar-refractivity contribution in [3.63, 3.8) is 0 Å². The predicted octanol–water partition coefficient (Wildman–Crippen LogP) is -0.433. The first kappa shape index (κ1) is 5.31. The van der Waals surface area contributed by atoms with Crippen LogP contribution in [0, 0.1) is 0 Å². The molecule has 0 fully saturated rings. The molecule has 0 aromatic rings. The summed E-state index contributed by atoms with van der Waals surface area (Å²) in [5.74, 6) is -0.0671. The zero-order valence-corrected chi connectivity index (χ0v) is 4.48. The highest BCUT2D eigenvalue weighted by atomic mass is 16.2. The summed E-state index contributed by atoms with van der Waals surface area (Å²) < 4.78 is 0. The number of carbonyl (C=O) groups is 1. The fraction of sp³-hybridized carbons (Fsp3) is 0.400. The van der Waals surface area contributed by atoms with E-state index in [1.807, 2.05) is 6.08 Å². The Morgan fingerprint density at radius 2 is 2.50 bits per heavy atom. The first-order chi connectivity index (χ1) is 3.89. The molecule has 0 bridgehead atoms. The van der Waals surface area contributed by atoms with E-state index in [1.165, 1.54) is 6.08 Å². The molecule has 0 aromatic carbocycles. The fourth-order valence-electron chi connectivity index (χ4n) is 0.537. The van der Waals surface area contributed by atoms with Crippen molar-refractivity contribution < 1.29 is 4.79 Å². The van der Waals surface area contributed by atoms with Crippen LogP contribution in [0.25, 0.3) is 0 Å². The van der Waals surface area contributed by atoms with Gasteiger partial charge in [-0.1, -0.05) is 6.08 Å². The molecule has 0 radical (unpaired) electrons. The van der Waals surface area contributed by atoms with Crippen LogP contribution in [0.3, 0.4) is 0 Å². The van der Waals surface area contributed by atoms with E-state index in [1.54, 1.807) is 0 Å². The van der Waals surface area contributed by atoms with Crippen LogP contribution in [0.15, 0.2) is 12.2 Å². The van der Waals surface area contributed by atoms with Gasteiger partial charge in [0.05, 0.1) is 0 Å². The van der Waals surface area contributed by atoms with Gasteiger partial charge in [0.25, 0.3) is 5.91 Å². The molecule has 1 heterocycles. The molecule has 44 valence electrons. The minimum atomic E-state index is -0.0671. The number of hydrogen-bond acceptors (Lipinski definition) is 2. The molecule has 0 unspecified atom stereocenters. The van der Waals surface area contributed by atoms with Crippen LogP contribution in [0.4, 0.5) is 0 Å². The normalized spacial score (nSPS) is 19.8. The lowest BCUT2D eigenvalue weighted by Crippen LogP contribution is -2.35. The second-order valence-corrected chi connectivity index (χ2v) is 1.61.